The van der Waals surface area contributed by atoms with Gasteiger partial charge in [0, 0.05) is 23.8 Å². The van der Waals surface area contributed by atoms with Gasteiger partial charge in [-0.2, -0.15) is 5.10 Å². The Kier molecular flexibility index (Phi) is 6.63. The molecule has 0 saturated carbocycles. The molecule has 0 radical (unpaired) electrons. The molecule has 30 heavy (non-hydrogen) atoms. The Balaban J connectivity index is 1.73. The summed E-state index contributed by atoms with van der Waals surface area (Å²) in [6, 6.07) is 10.2. The van der Waals surface area contributed by atoms with E-state index in [1.54, 1.807) is 48.1 Å². The van der Waals surface area contributed by atoms with Crippen molar-refractivity contribution < 1.29 is 14.3 Å². The molecule has 0 aliphatic carbocycles. The van der Waals surface area contributed by atoms with Crippen LogP contribution in [0.2, 0.25) is 5.02 Å². The number of nitrogens with zero attached hydrogens (tertiary/aromatic N) is 5. The van der Waals surface area contributed by atoms with Gasteiger partial charge in [0.15, 0.2) is 5.82 Å². The van der Waals surface area contributed by atoms with Gasteiger partial charge >= 0.3 is 0 Å². The first-order valence-corrected chi connectivity index (χ1v) is 9.56. The number of hydrogen-bond donors (Lipinski definition) is 1. The lowest BCUT2D eigenvalue weighted by Gasteiger charge is -2.17. The van der Waals surface area contributed by atoms with Gasteiger partial charge in [-0.05, 0) is 30.7 Å². The first kappa shape index (κ1) is 21.3. The number of likely N-dealkylation sites (N-methyl/N-ethyl adjacent to an activating group) is 1. The lowest BCUT2D eigenvalue weighted by molar-refractivity contribution is -0.116. The van der Waals surface area contributed by atoms with E-state index in [-0.39, 0.29) is 18.4 Å². The van der Waals surface area contributed by atoms with Crippen LogP contribution < -0.4 is 10.1 Å². The van der Waals surface area contributed by atoms with Gasteiger partial charge in [-0.25, -0.2) is 4.68 Å². The van der Waals surface area contributed by atoms with Gasteiger partial charge in [-0.15, -0.1) is 10.2 Å². The Morgan fingerprint density at radius 1 is 1.23 bits per heavy atom. The molecule has 2 amide bonds. The van der Waals surface area contributed by atoms with Crippen LogP contribution in [0.3, 0.4) is 0 Å². The van der Waals surface area contributed by atoms with Crippen LogP contribution in [0.1, 0.15) is 23.0 Å². The molecule has 0 saturated heterocycles. The zero-order valence-corrected chi connectivity index (χ0v) is 17.6. The van der Waals surface area contributed by atoms with Crippen LogP contribution >= 0.6 is 11.6 Å². The van der Waals surface area contributed by atoms with Crippen molar-refractivity contribution in [1.82, 2.24) is 24.9 Å². The fraction of sp³-hybridized carbons (Fsp3) is 0.250. The molecule has 0 aliphatic heterocycles. The van der Waals surface area contributed by atoms with Crippen molar-refractivity contribution in [1.29, 1.82) is 0 Å². The summed E-state index contributed by atoms with van der Waals surface area (Å²) in [6.07, 6.45) is 2.01. The van der Waals surface area contributed by atoms with E-state index in [0.29, 0.717) is 40.1 Å². The van der Waals surface area contributed by atoms with Crippen molar-refractivity contribution in [2.24, 2.45) is 0 Å². The van der Waals surface area contributed by atoms with Crippen molar-refractivity contribution in [3.8, 4) is 11.7 Å². The molecule has 0 bridgehead atoms. The molecule has 0 spiro atoms. The highest BCUT2D eigenvalue weighted by atomic mass is 35.5. The van der Waals surface area contributed by atoms with Gasteiger partial charge in [-0.3, -0.25) is 9.59 Å². The second-order valence-electron chi connectivity index (χ2n) is 6.42. The highest BCUT2D eigenvalue weighted by Gasteiger charge is 2.22. The Hall–Kier alpha value is -3.46. The van der Waals surface area contributed by atoms with Crippen LogP contribution in [-0.4, -0.2) is 57.4 Å². The number of rotatable bonds is 7. The van der Waals surface area contributed by atoms with E-state index in [4.69, 9.17) is 16.3 Å². The minimum atomic E-state index is -0.334. The smallest absolute Gasteiger partial charge is 0.257 e. The molecule has 156 valence electrons. The van der Waals surface area contributed by atoms with Crippen molar-refractivity contribution in [2.45, 2.75) is 13.3 Å². The van der Waals surface area contributed by atoms with Gasteiger partial charge < -0.3 is 15.0 Å². The molecule has 9 nitrogen and oxygen atoms in total. The second-order valence-corrected chi connectivity index (χ2v) is 6.86. The number of carbonyl (C=O) groups is 2. The average molecular weight is 429 g/mol. The summed E-state index contributed by atoms with van der Waals surface area (Å²) in [7, 11) is 3.06. The first-order chi connectivity index (χ1) is 14.4. The normalized spacial score (nSPS) is 10.5. The predicted molar refractivity (Wildman–Crippen MR) is 112 cm³/mol. The van der Waals surface area contributed by atoms with Crippen LogP contribution in [-0.2, 0) is 11.2 Å². The lowest BCUT2D eigenvalue weighted by atomic mass is 10.2. The maximum absolute atomic E-state index is 12.9. The van der Waals surface area contributed by atoms with E-state index >= 15 is 0 Å². The Labute approximate surface area is 178 Å². The van der Waals surface area contributed by atoms with Gasteiger partial charge in [0.2, 0.25) is 11.8 Å². The van der Waals surface area contributed by atoms with E-state index in [1.807, 2.05) is 6.92 Å². The molecule has 10 heteroatoms. The predicted octanol–water partition coefficient (Wildman–Crippen LogP) is 2.60. The summed E-state index contributed by atoms with van der Waals surface area (Å²) in [5, 5.41) is 15.5. The average Bonchev–Trinajstić information content (AvgIpc) is 3.17. The third-order valence-electron chi connectivity index (χ3n) is 4.32. The highest BCUT2D eigenvalue weighted by molar-refractivity contribution is 6.30. The number of aromatic nitrogens is 4. The molecule has 0 fully saturated rings. The number of methoxy groups -OCH3 is 1. The summed E-state index contributed by atoms with van der Waals surface area (Å²) in [5.41, 5.74) is 1.63. The van der Waals surface area contributed by atoms with E-state index in [1.165, 1.54) is 18.2 Å². The standard InChI is InChI=1S/C20H21ClN6O3/c1-4-16-15(11-22-27(16)17-8-9-19(30-3)25-24-17)20(29)26(2)12-18(28)23-14-7-5-6-13(21)10-14/h5-11H,4,12H2,1-3H3,(H,23,28). The van der Waals surface area contributed by atoms with Crippen LogP contribution in [0, 0.1) is 0 Å². The molecule has 0 unspecified atom stereocenters. The van der Waals surface area contributed by atoms with Gasteiger partial charge in [-0.1, -0.05) is 24.6 Å². The van der Waals surface area contributed by atoms with E-state index in [9.17, 15) is 9.59 Å². The number of nitrogens with one attached hydrogen (secondary N) is 1. The number of ether oxygens (including phenoxy) is 1. The van der Waals surface area contributed by atoms with Crippen molar-refractivity contribution >= 4 is 29.1 Å². The second kappa shape index (κ2) is 9.36. The van der Waals surface area contributed by atoms with Gasteiger partial charge in [0.25, 0.3) is 5.91 Å². The largest absolute Gasteiger partial charge is 0.480 e. The van der Waals surface area contributed by atoms with Crippen molar-refractivity contribution in [2.75, 3.05) is 26.0 Å². The van der Waals surface area contributed by atoms with Crippen LogP contribution in [0.15, 0.2) is 42.6 Å². The summed E-state index contributed by atoms with van der Waals surface area (Å²) < 4.78 is 6.57. The fourth-order valence-corrected chi connectivity index (χ4v) is 3.07. The Morgan fingerprint density at radius 2 is 2.03 bits per heavy atom. The zero-order valence-electron chi connectivity index (χ0n) is 16.8. The minimum Gasteiger partial charge on any atom is -0.480 e. The third-order valence-corrected chi connectivity index (χ3v) is 4.56. The monoisotopic (exact) mass is 428 g/mol. The minimum absolute atomic E-state index is 0.123. The molecule has 3 aromatic rings. The van der Waals surface area contributed by atoms with Crippen molar-refractivity contribution in [3.63, 3.8) is 0 Å². The topological polar surface area (TPSA) is 102 Å². The van der Waals surface area contributed by atoms with E-state index in [2.05, 4.69) is 20.6 Å². The number of carbonyl (C=O) groups excluding carboxylic acids is 2. The molecule has 0 atom stereocenters. The van der Waals surface area contributed by atoms with Crippen LogP contribution in [0.4, 0.5) is 5.69 Å². The molecule has 1 N–H and O–H groups in total. The van der Waals surface area contributed by atoms with Gasteiger partial charge in [0.1, 0.15) is 0 Å². The van der Waals surface area contributed by atoms with Crippen LogP contribution in [0.5, 0.6) is 5.88 Å². The SMILES string of the molecule is CCc1c(C(=O)N(C)CC(=O)Nc2cccc(Cl)c2)cnn1-c1ccc(OC)nn1. The quantitative estimate of drug-likeness (QED) is 0.620. The number of amides is 2. The maximum atomic E-state index is 12.9. The molecule has 2 aromatic heterocycles. The van der Waals surface area contributed by atoms with E-state index in [0.717, 1.165) is 0 Å². The number of halogens is 1. The summed E-state index contributed by atoms with van der Waals surface area (Å²) in [4.78, 5) is 26.6. The number of anilines is 1. The molecule has 0 aliphatic rings. The molecular formula is C20H21ClN6O3. The number of hydrogen-bond acceptors (Lipinski definition) is 6. The fourth-order valence-electron chi connectivity index (χ4n) is 2.88. The van der Waals surface area contributed by atoms with Crippen molar-refractivity contribution in [3.05, 3.63) is 58.9 Å². The number of benzene rings is 1. The summed E-state index contributed by atoms with van der Waals surface area (Å²) in [5.74, 6) is 0.194. The zero-order chi connectivity index (χ0) is 21.7. The highest BCUT2D eigenvalue weighted by Crippen LogP contribution is 2.18. The molecular weight excluding hydrogens is 408 g/mol. The summed E-state index contributed by atoms with van der Waals surface area (Å²) >= 11 is 5.93. The van der Waals surface area contributed by atoms with Crippen LogP contribution in [0.25, 0.3) is 5.82 Å². The third kappa shape index (κ3) is 4.74. The Morgan fingerprint density at radius 3 is 2.67 bits per heavy atom. The molecule has 1 aromatic carbocycles. The molecule has 2 heterocycles. The lowest BCUT2D eigenvalue weighted by Crippen LogP contribution is -2.35. The first-order valence-electron chi connectivity index (χ1n) is 9.18. The maximum Gasteiger partial charge on any atom is 0.257 e. The van der Waals surface area contributed by atoms with Gasteiger partial charge in [0.05, 0.1) is 31.1 Å². The summed E-state index contributed by atoms with van der Waals surface area (Å²) in [6.45, 7) is 1.79. The Bertz CT molecular complexity index is 1050. The van der Waals surface area contributed by atoms with E-state index < -0.39 is 0 Å². The molecule has 3 rings (SSSR count).